The molecule has 0 saturated heterocycles. The molecule has 1 aromatic carbocycles. The fourth-order valence-electron chi connectivity index (χ4n) is 2.12. The van der Waals surface area contributed by atoms with E-state index in [1.807, 2.05) is 31.2 Å². The zero-order valence-electron chi connectivity index (χ0n) is 9.56. The second-order valence-electron chi connectivity index (χ2n) is 4.01. The quantitative estimate of drug-likeness (QED) is 0.846. The van der Waals surface area contributed by atoms with Crippen LogP contribution in [0.3, 0.4) is 0 Å². The predicted molar refractivity (Wildman–Crippen MR) is 61.8 cm³/mol. The first kappa shape index (κ1) is 11.4. The Morgan fingerprint density at radius 1 is 1.50 bits per heavy atom. The number of aliphatic hydroxyl groups excluding tert-OH is 1. The number of para-hydroxylation sites is 1. The van der Waals surface area contributed by atoms with E-state index in [2.05, 4.69) is 0 Å². The van der Waals surface area contributed by atoms with Gasteiger partial charge in [-0.3, -0.25) is 0 Å². The van der Waals surface area contributed by atoms with Gasteiger partial charge in [-0.2, -0.15) is 0 Å². The molecule has 0 spiro atoms. The number of benzene rings is 1. The molecule has 0 amide bonds. The number of fused-ring (bicyclic) bond motifs is 1. The second kappa shape index (κ2) is 5.32. The monoisotopic (exact) mass is 222 g/mol. The van der Waals surface area contributed by atoms with Crippen LogP contribution in [0.15, 0.2) is 24.3 Å². The molecule has 1 aromatic rings. The maximum Gasteiger partial charge on any atom is 0.122 e. The maximum atomic E-state index is 10.1. The van der Waals surface area contributed by atoms with E-state index < -0.39 is 6.10 Å². The molecule has 2 unspecified atom stereocenters. The van der Waals surface area contributed by atoms with E-state index in [0.717, 1.165) is 17.7 Å². The highest BCUT2D eigenvalue weighted by molar-refractivity contribution is 5.38. The molecule has 1 aliphatic rings. The lowest BCUT2D eigenvalue weighted by Gasteiger charge is -2.29. The third kappa shape index (κ3) is 2.36. The minimum Gasteiger partial charge on any atom is -0.493 e. The van der Waals surface area contributed by atoms with Crippen molar-refractivity contribution in [2.24, 2.45) is 0 Å². The summed E-state index contributed by atoms with van der Waals surface area (Å²) in [4.78, 5) is 0. The molecular formula is C13H18O3. The van der Waals surface area contributed by atoms with Crippen LogP contribution in [0.5, 0.6) is 5.75 Å². The smallest absolute Gasteiger partial charge is 0.122 e. The number of rotatable bonds is 4. The molecule has 88 valence electrons. The summed E-state index contributed by atoms with van der Waals surface area (Å²) in [6, 6.07) is 7.91. The minimum atomic E-state index is -0.440. The summed E-state index contributed by atoms with van der Waals surface area (Å²) in [6.07, 6.45) is 0.413. The molecule has 0 radical (unpaired) electrons. The van der Waals surface area contributed by atoms with Gasteiger partial charge in [-0.1, -0.05) is 18.2 Å². The van der Waals surface area contributed by atoms with Gasteiger partial charge in [0.15, 0.2) is 0 Å². The van der Waals surface area contributed by atoms with Gasteiger partial charge in [0.05, 0.1) is 19.3 Å². The lowest BCUT2D eigenvalue weighted by Crippen LogP contribution is -2.28. The Bertz CT molecular complexity index is 338. The van der Waals surface area contributed by atoms with Gasteiger partial charge in [-0.05, 0) is 25.0 Å². The molecule has 1 heterocycles. The number of hydrogen-bond donors (Lipinski definition) is 1. The van der Waals surface area contributed by atoms with Gasteiger partial charge in [0.2, 0.25) is 0 Å². The Hall–Kier alpha value is -1.06. The topological polar surface area (TPSA) is 38.7 Å². The molecule has 0 aliphatic carbocycles. The van der Waals surface area contributed by atoms with Gasteiger partial charge < -0.3 is 14.6 Å². The molecule has 0 aromatic heterocycles. The Morgan fingerprint density at radius 3 is 3.12 bits per heavy atom. The van der Waals surface area contributed by atoms with Crippen LogP contribution in [0, 0.1) is 0 Å². The van der Waals surface area contributed by atoms with E-state index >= 15 is 0 Å². The molecule has 3 nitrogen and oxygen atoms in total. The summed E-state index contributed by atoms with van der Waals surface area (Å²) in [5, 5.41) is 10.1. The van der Waals surface area contributed by atoms with Gasteiger partial charge in [0.1, 0.15) is 5.75 Å². The Labute approximate surface area is 96.0 Å². The number of hydrogen-bond acceptors (Lipinski definition) is 3. The molecule has 16 heavy (non-hydrogen) atoms. The standard InChI is InChI=1S/C13H18O3/c1-2-15-9-12(14)10-7-8-16-13-6-4-3-5-11(10)13/h3-6,10,12,14H,2,7-9H2,1H3. The largest absolute Gasteiger partial charge is 0.493 e. The SMILES string of the molecule is CCOCC(O)C1CCOc2ccccc21. The van der Waals surface area contributed by atoms with Crippen LogP contribution in [0.25, 0.3) is 0 Å². The second-order valence-corrected chi connectivity index (χ2v) is 4.01. The van der Waals surface area contributed by atoms with Crippen molar-refractivity contribution in [3.63, 3.8) is 0 Å². The van der Waals surface area contributed by atoms with Crippen molar-refractivity contribution >= 4 is 0 Å². The summed E-state index contributed by atoms with van der Waals surface area (Å²) in [5.74, 6) is 1.03. The summed E-state index contributed by atoms with van der Waals surface area (Å²) in [7, 11) is 0. The van der Waals surface area contributed by atoms with Crippen LogP contribution < -0.4 is 4.74 Å². The maximum absolute atomic E-state index is 10.1. The average Bonchev–Trinajstić information content (AvgIpc) is 2.35. The van der Waals surface area contributed by atoms with Crippen LogP contribution in [0.4, 0.5) is 0 Å². The third-order valence-corrected chi connectivity index (χ3v) is 2.96. The Kier molecular flexibility index (Phi) is 3.80. The van der Waals surface area contributed by atoms with Crippen molar-refractivity contribution in [3.05, 3.63) is 29.8 Å². The number of ether oxygens (including phenoxy) is 2. The molecule has 1 N–H and O–H groups in total. The minimum absolute atomic E-state index is 0.136. The zero-order chi connectivity index (χ0) is 11.4. The summed E-state index contributed by atoms with van der Waals surface area (Å²) >= 11 is 0. The lowest BCUT2D eigenvalue weighted by molar-refractivity contribution is 0.0193. The van der Waals surface area contributed by atoms with E-state index in [9.17, 15) is 5.11 Å². The molecule has 0 fully saturated rings. The summed E-state index contributed by atoms with van der Waals surface area (Å²) in [6.45, 7) is 3.65. The van der Waals surface area contributed by atoms with Gasteiger partial charge in [0.25, 0.3) is 0 Å². The van der Waals surface area contributed by atoms with Crippen molar-refractivity contribution in [1.29, 1.82) is 0 Å². The Morgan fingerprint density at radius 2 is 2.31 bits per heavy atom. The average molecular weight is 222 g/mol. The van der Waals surface area contributed by atoms with Crippen LogP contribution in [-0.4, -0.2) is 31.0 Å². The van der Waals surface area contributed by atoms with Crippen LogP contribution in [0.1, 0.15) is 24.8 Å². The lowest BCUT2D eigenvalue weighted by atomic mass is 9.88. The van der Waals surface area contributed by atoms with Crippen molar-refractivity contribution in [1.82, 2.24) is 0 Å². The highest BCUT2D eigenvalue weighted by Gasteiger charge is 2.27. The van der Waals surface area contributed by atoms with Crippen LogP contribution >= 0.6 is 0 Å². The first-order valence-corrected chi connectivity index (χ1v) is 5.80. The van der Waals surface area contributed by atoms with Gasteiger partial charge in [-0.25, -0.2) is 0 Å². The van der Waals surface area contributed by atoms with Crippen molar-refractivity contribution in [3.8, 4) is 5.75 Å². The molecule has 2 rings (SSSR count). The van der Waals surface area contributed by atoms with Gasteiger partial charge in [0, 0.05) is 12.5 Å². The number of aliphatic hydroxyl groups is 1. The first-order valence-electron chi connectivity index (χ1n) is 5.80. The predicted octanol–water partition coefficient (Wildman–Crippen LogP) is 1.95. The fraction of sp³-hybridized carbons (Fsp3) is 0.538. The van der Waals surface area contributed by atoms with Crippen molar-refractivity contribution in [2.45, 2.75) is 25.4 Å². The summed E-state index contributed by atoms with van der Waals surface area (Å²) < 4.78 is 10.8. The third-order valence-electron chi connectivity index (χ3n) is 2.96. The summed E-state index contributed by atoms with van der Waals surface area (Å²) in [5.41, 5.74) is 1.10. The molecule has 0 bridgehead atoms. The molecule has 3 heteroatoms. The van der Waals surface area contributed by atoms with Crippen molar-refractivity contribution in [2.75, 3.05) is 19.8 Å². The fourth-order valence-corrected chi connectivity index (χ4v) is 2.12. The highest BCUT2D eigenvalue weighted by atomic mass is 16.5. The van der Waals surface area contributed by atoms with E-state index in [-0.39, 0.29) is 5.92 Å². The van der Waals surface area contributed by atoms with Gasteiger partial charge >= 0.3 is 0 Å². The Balaban J connectivity index is 2.12. The molecule has 2 atom stereocenters. The van der Waals surface area contributed by atoms with Crippen LogP contribution in [-0.2, 0) is 4.74 Å². The van der Waals surface area contributed by atoms with E-state index in [4.69, 9.17) is 9.47 Å². The highest BCUT2D eigenvalue weighted by Crippen LogP contribution is 2.35. The molecule has 0 saturated carbocycles. The normalized spacial score (nSPS) is 21.0. The van der Waals surface area contributed by atoms with E-state index in [1.54, 1.807) is 0 Å². The van der Waals surface area contributed by atoms with Crippen molar-refractivity contribution < 1.29 is 14.6 Å². The first-order chi connectivity index (χ1) is 7.83. The van der Waals surface area contributed by atoms with Gasteiger partial charge in [-0.15, -0.1) is 0 Å². The molecule has 1 aliphatic heterocycles. The zero-order valence-corrected chi connectivity index (χ0v) is 9.56. The van der Waals surface area contributed by atoms with E-state index in [0.29, 0.717) is 19.8 Å². The molecular weight excluding hydrogens is 204 g/mol. The van der Waals surface area contributed by atoms with Crippen LogP contribution in [0.2, 0.25) is 0 Å². The van der Waals surface area contributed by atoms with E-state index in [1.165, 1.54) is 0 Å².